The molecule has 0 fully saturated rings. The number of esters is 1. The van der Waals surface area contributed by atoms with Crippen LogP contribution in [0.15, 0.2) is 6.07 Å². The molecule has 2 N–H and O–H groups in total. The van der Waals surface area contributed by atoms with Crippen LogP contribution in [0, 0.1) is 0 Å². The lowest BCUT2D eigenvalue weighted by atomic mass is 10.2. The third kappa shape index (κ3) is 2.79. The third-order valence-electron chi connectivity index (χ3n) is 1.89. The Morgan fingerprint density at radius 2 is 2.31 bits per heavy atom. The van der Waals surface area contributed by atoms with Crippen molar-refractivity contribution in [1.82, 2.24) is 4.98 Å². The summed E-state index contributed by atoms with van der Waals surface area (Å²) in [5.41, 5.74) is 5.13. The lowest BCUT2D eigenvalue weighted by Gasteiger charge is -2.08. The molecule has 0 aliphatic heterocycles. The summed E-state index contributed by atoms with van der Waals surface area (Å²) in [6.45, 7) is 0. The fourth-order valence-electron chi connectivity index (χ4n) is 1.06. The van der Waals surface area contributed by atoms with Gasteiger partial charge >= 0.3 is 5.97 Å². The zero-order valence-corrected chi connectivity index (χ0v) is 9.09. The van der Waals surface area contributed by atoms with Gasteiger partial charge in [-0.05, 0) is 6.07 Å². The molecule has 0 spiro atoms. The summed E-state index contributed by atoms with van der Waals surface area (Å²) in [5, 5.41) is -0.358. The Morgan fingerprint density at radius 3 is 2.81 bits per heavy atom. The van der Waals surface area contributed by atoms with E-state index in [2.05, 4.69) is 9.72 Å². The number of ether oxygens (including phenoxy) is 1. The predicted octanol–water partition coefficient (Wildman–Crippen LogP) is 1.97. The zero-order chi connectivity index (χ0) is 12.3. The number of hydrogen-bond donors (Lipinski definition) is 1. The van der Waals surface area contributed by atoms with E-state index in [4.69, 9.17) is 17.3 Å². The van der Waals surface area contributed by atoms with Crippen LogP contribution in [0.2, 0.25) is 5.15 Å². The largest absolute Gasteiger partial charge is 0.469 e. The molecule has 1 rings (SSSR count). The maximum absolute atomic E-state index is 12.4. The predicted molar refractivity (Wildman–Crippen MR) is 54.3 cm³/mol. The molecule has 0 aromatic carbocycles. The maximum Gasteiger partial charge on any atom is 0.311 e. The van der Waals surface area contributed by atoms with Gasteiger partial charge in [0, 0.05) is 0 Å². The first-order valence-corrected chi connectivity index (χ1v) is 4.63. The van der Waals surface area contributed by atoms with Crippen LogP contribution in [0.25, 0.3) is 0 Å². The van der Waals surface area contributed by atoms with E-state index >= 15 is 0 Å². The smallest absolute Gasteiger partial charge is 0.311 e. The van der Waals surface area contributed by atoms with Gasteiger partial charge in [-0.1, -0.05) is 11.6 Å². The van der Waals surface area contributed by atoms with E-state index < -0.39 is 18.0 Å². The van der Waals surface area contributed by atoms with Crippen LogP contribution in [0.1, 0.15) is 17.7 Å². The fraction of sp³-hybridized carbons (Fsp3) is 0.333. The highest BCUT2D eigenvalue weighted by molar-refractivity contribution is 6.30. The number of halogens is 3. The lowest BCUT2D eigenvalue weighted by molar-refractivity contribution is -0.139. The Morgan fingerprint density at radius 1 is 1.69 bits per heavy atom. The molecule has 1 heterocycles. The van der Waals surface area contributed by atoms with E-state index in [0.29, 0.717) is 0 Å². The van der Waals surface area contributed by atoms with E-state index in [1.807, 2.05) is 0 Å². The highest BCUT2D eigenvalue weighted by atomic mass is 35.5. The Hall–Kier alpha value is -1.43. The molecule has 0 bridgehead atoms. The topological polar surface area (TPSA) is 65.2 Å². The molecule has 4 nitrogen and oxygen atoms in total. The van der Waals surface area contributed by atoms with Crippen LogP contribution in [0.5, 0.6) is 0 Å². The lowest BCUT2D eigenvalue weighted by Crippen LogP contribution is -2.10. The van der Waals surface area contributed by atoms with Crippen molar-refractivity contribution in [2.24, 2.45) is 0 Å². The van der Waals surface area contributed by atoms with Gasteiger partial charge in [-0.2, -0.15) is 0 Å². The first kappa shape index (κ1) is 12.6. The van der Waals surface area contributed by atoms with Gasteiger partial charge in [0.15, 0.2) is 0 Å². The summed E-state index contributed by atoms with van der Waals surface area (Å²) in [6, 6.07) is 1.01. The molecule has 1 aromatic heterocycles. The molecule has 1 aromatic rings. The number of hydrogen-bond acceptors (Lipinski definition) is 4. The van der Waals surface area contributed by atoms with Crippen molar-refractivity contribution in [2.75, 3.05) is 12.8 Å². The second-order valence-electron chi connectivity index (χ2n) is 2.96. The van der Waals surface area contributed by atoms with E-state index in [1.54, 1.807) is 0 Å². The Balaban J connectivity index is 3.05. The Kier molecular flexibility index (Phi) is 4.00. The molecule has 0 atom stereocenters. The Bertz CT molecular complexity index is 413. The first-order valence-electron chi connectivity index (χ1n) is 4.25. The van der Waals surface area contributed by atoms with Gasteiger partial charge < -0.3 is 10.5 Å². The van der Waals surface area contributed by atoms with Crippen LogP contribution in [-0.4, -0.2) is 18.1 Å². The molecular weight excluding hydrogens is 242 g/mol. The number of nitrogens with zero attached hydrogens (tertiary/aromatic N) is 1. The number of anilines is 1. The van der Waals surface area contributed by atoms with Crippen molar-refractivity contribution in [3.8, 4) is 0 Å². The molecular formula is C9H9ClF2N2O2. The highest BCUT2D eigenvalue weighted by Crippen LogP contribution is 2.28. The average Bonchev–Trinajstić information content (AvgIpc) is 2.22. The molecule has 88 valence electrons. The minimum absolute atomic E-state index is 0.00917. The number of pyridine rings is 1. The van der Waals surface area contributed by atoms with Gasteiger partial charge in [0.1, 0.15) is 5.15 Å². The zero-order valence-electron chi connectivity index (χ0n) is 8.34. The standard InChI is InChI=1S/C9H9ClF2N2O2/c1-16-7(15)3-6-5(13)2-4(9(11)12)8(10)14-6/h2,9H,3,13H2,1H3. The highest BCUT2D eigenvalue weighted by Gasteiger charge is 2.17. The van der Waals surface area contributed by atoms with Gasteiger partial charge in [0.25, 0.3) is 6.43 Å². The summed E-state index contributed by atoms with van der Waals surface area (Å²) < 4.78 is 29.2. The van der Waals surface area contributed by atoms with Crippen molar-refractivity contribution in [1.29, 1.82) is 0 Å². The van der Waals surface area contributed by atoms with Gasteiger partial charge in [0.2, 0.25) is 0 Å². The minimum Gasteiger partial charge on any atom is -0.469 e. The van der Waals surface area contributed by atoms with E-state index in [-0.39, 0.29) is 23.0 Å². The van der Waals surface area contributed by atoms with Crippen molar-refractivity contribution in [3.05, 3.63) is 22.5 Å². The second kappa shape index (κ2) is 5.07. The number of rotatable bonds is 3. The van der Waals surface area contributed by atoms with Gasteiger partial charge in [0.05, 0.1) is 30.5 Å². The molecule has 0 aliphatic carbocycles. The molecule has 0 aliphatic rings. The molecule has 0 radical (unpaired) electrons. The summed E-state index contributed by atoms with van der Waals surface area (Å²) in [6.07, 6.45) is -2.96. The molecule has 0 saturated heterocycles. The van der Waals surface area contributed by atoms with Gasteiger partial charge in [-0.25, -0.2) is 13.8 Å². The van der Waals surface area contributed by atoms with Crippen LogP contribution in [0.4, 0.5) is 14.5 Å². The number of aromatic nitrogens is 1. The number of carbonyl (C=O) groups is 1. The maximum atomic E-state index is 12.4. The molecule has 0 unspecified atom stereocenters. The summed E-state index contributed by atoms with van der Waals surface area (Å²) in [5.74, 6) is -0.569. The molecule has 0 saturated carbocycles. The van der Waals surface area contributed by atoms with Crippen molar-refractivity contribution in [2.45, 2.75) is 12.8 Å². The minimum atomic E-state index is -2.76. The quantitative estimate of drug-likeness (QED) is 0.658. The van der Waals surface area contributed by atoms with E-state index in [9.17, 15) is 13.6 Å². The number of nitrogen functional groups attached to an aromatic ring is 1. The van der Waals surface area contributed by atoms with Gasteiger partial charge in [-0.15, -0.1) is 0 Å². The third-order valence-corrected chi connectivity index (χ3v) is 2.19. The van der Waals surface area contributed by atoms with Crippen molar-refractivity contribution < 1.29 is 18.3 Å². The number of methoxy groups -OCH3 is 1. The first-order chi connectivity index (χ1) is 7.45. The van der Waals surface area contributed by atoms with E-state index in [0.717, 1.165) is 6.07 Å². The molecule has 7 heteroatoms. The van der Waals surface area contributed by atoms with Crippen LogP contribution >= 0.6 is 11.6 Å². The fourth-order valence-corrected chi connectivity index (χ4v) is 1.30. The summed E-state index contributed by atoms with van der Waals surface area (Å²) in [7, 11) is 1.20. The molecule has 16 heavy (non-hydrogen) atoms. The van der Waals surface area contributed by atoms with Crippen molar-refractivity contribution >= 4 is 23.3 Å². The second-order valence-corrected chi connectivity index (χ2v) is 3.32. The molecule has 0 amide bonds. The van der Waals surface area contributed by atoms with Gasteiger partial charge in [-0.3, -0.25) is 4.79 Å². The van der Waals surface area contributed by atoms with Crippen molar-refractivity contribution in [3.63, 3.8) is 0 Å². The van der Waals surface area contributed by atoms with Crippen LogP contribution < -0.4 is 5.73 Å². The average molecular weight is 251 g/mol. The van der Waals surface area contributed by atoms with Crippen LogP contribution in [-0.2, 0) is 16.0 Å². The van der Waals surface area contributed by atoms with E-state index in [1.165, 1.54) is 7.11 Å². The Labute approximate surface area is 95.4 Å². The number of carbonyl (C=O) groups excluding carboxylic acids is 1. The SMILES string of the molecule is COC(=O)Cc1nc(Cl)c(C(F)F)cc1N. The van der Waals surface area contributed by atoms with Crippen LogP contribution in [0.3, 0.4) is 0 Å². The summed E-state index contributed by atoms with van der Waals surface area (Å²) in [4.78, 5) is 14.6. The number of nitrogens with two attached hydrogens (primary N) is 1. The normalized spacial score (nSPS) is 10.6. The monoisotopic (exact) mass is 250 g/mol. The number of alkyl halides is 2. The summed E-state index contributed by atoms with van der Waals surface area (Å²) >= 11 is 5.52.